The van der Waals surface area contributed by atoms with Crippen molar-refractivity contribution in [2.45, 2.75) is 6.61 Å². The number of hydrogen-bond acceptors (Lipinski definition) is 6. The maximum atomic E-state index is 13.0. The van der Waals surface area contributed by atoms with Gasteiger partial charge in [0.1, 0.15) is 6.61 Å². The number of nitrogens with one attached hydrogen (secondary N) is 1. The van der Waals surface area contributed by atoms with Crippen molar-refractivity contribution in [2.24, 2.45) is 0 Å². The summed E-state index contributed by atoms with van der Waals surface area (Å²) in [6.45, 7) is 0.189. The van der Waals surface area contributed by atoms with E-state index >= 15 is 0 Å². The lowest BCUT2D eigenvalue weighted by Crippen LogP contribution is -2.44. The number of carbonyl (C=O) groups is 2. The van der Waals surface area contributed by atoms with Crippen LogP contribution in [0.5, 0.6) is 11.5 Å². The van der Waals surface area contributed by atoms with Crippen LogP contribution in [-0.2, 0) is 11.4 Å². The minimum absolute atomic E-state index is 0.183. The third kappa shape index (κ3) is 6.42. The molecule has 4 rings (SSSR count). The molecule has 3 aromatic carbocycles. The number of halogens is 4. The number of hydrazine groups is 1. The van der Waals surface area contributed by atoms with E-state index in [0.717, 1.165) is 22.3 Å². The van der Waals surface area contributed by atoms with Crippen LogP contribution in [-0.4, -0.2) is 28.3 Å². The highest BCUT2D eigenvalue weighted by Gasteiger charge is 2.34. The Kier molecular flexibility index (Phi) is 9.05. The lowest BCUT2D eigenvalue weighted by molar-refractivity contribution is -0.123. The average Bonchev–Trinajstić information content (AvgIpc) is 3.11. The first-order valence-electron chi connectivity index (χ1n) is 10.5. The Labute approximate surface area is 245 Å². The van der Waals surface area contributed by atoms with Gasteiger partial charge in [0.25, 0.3) is 11.8 Å². The van der Waals surface area contributed by atoms with Crippen LogP contribution in [0.1, 0.15) is 21.5 Å². The number of rotatable bonds is 7. The number of nitrogens with zero attached hydrogens (tertiary/aromatic N) is 1. The van der Waals surface area contributed by atoms with Crippen molar-refractivity contribution < 1.29 is 19.1 Å². The summed E-state index contributed by atoms with van der Waals surface area (Å²) in [6.07, 6.45) is 1.65. The molecule has 0 aromatic heterocycles. The highest BCUT2D eigenvalue weighted by atomic mass is 79.9. The van der Waals surface area contributed by atoms with Gasteiger partial charge in [-0.3, -0.25) is 15.0 Å². The lowest BCUT2D eigenvalue weighted by atomic mass is 10.1. The third-order valence-corrected chi connectivity index (χ3v) is 7.87. The summed E-state index contributed by atoms with van der Waals surface area (Å²) in [7, 11) is 1.51. The molecular weight excluding hydrogens is 643 g/mol. The van der Waals surface area contributed by atoms with Gasteiger partial charge >= 0.3 is 0 Å². The first-order valence-corrected chi connectivity index (χ1v) is 13.6. The number of amides is 2. The quantitative estimate of drug-likeness (QED) is 0.209. The van der Waals surface area contributed by atoms with Crippen molar-refractivity contribution in [3.05, 3.63) is 95.7 Å². The fourth-order valence-corrected chi connectivity index (χ4v) is 5.71. The highest BCUT2D eigenvalue weighted by molar-refractivity contribution is 9.10. The van der Waals surface area contributed by atoms with E-state index in [2.05, 4.69) is 21.4 Å². The van der Waals surface area contributed by atoms with Crippen LogP contribution in [0, 0.1) is 0 Å². The Morgan fingerprint density at radius 1 is 1.14 bits per heavy atom. The molecule has 3 aromatic rings. The van der Waals surface area contributed by atoms with Crippen LogP contribution in [0.3, 0.4) is 0 Å². The zero-order chi connectivity index (χ0) is 26.7. The molecular formula is C25H16BrCl3N2O4S2. The van der Waals surface area contributed by atoms with E-state index in [1.54, 1.807) is 60.7 Å². The second kappa shape index (κ2) is 12.1. The number of thioether (sulfide) groups is 1. The van der Waals surface area contributed by atoms with Crippen molar-refractivity contribution >= 4 is 96.9 Å². The second-order valence-corrected chi connectivity index (χ2v) is 11.3. The molecule has 0 spiro atoms. The molecule has 6 nitrogen and oxygen atoms in total. The minimum Gasteiger partial charge on any atom is -0.493 e. The number of hydrogen-bond donors (Lipinski definition) is 1. The molecule has 1 heterocycles. The Balaban J connectivity index is 1.52. The zero-order valence-electron chi connectivity index (χ0n) is 18.9. The Morgan fingerprint density at radius 3 is 2.59 bits per heavy atom. The second-order valence-electron chi connectivity index (χ2n) is 7.50. The lowest BCUT2D eigenvalue weighted by Gasteiger charge is -2.16. The molecule has 1 N–H and O–H groups in total. The van der Waals surface area contributed by atoms with Gasteiger partial charge in [0, 0.05) is 15.6 Å². The van der Waals surface area contributed by atoms with E-state index in [9.17, 15) is 9.59 Å². The molecule has 0 bridgehead atoms. The van der Waals surface area contributed by atoms with Gasteiger partial charge in [-0.1, -0.05) is 64.8 Å². The summed E-state index contributed by atoms with van der Waals surface area (Å²) >= 11 is 28.2. The van der Waals surface area contributed by atoms with E-state index in [1.165, 1.54) is 7.11 Å². The van der Waals surface area contributed by atoms with Gasteiger partial charge in [-0.05, 0) is 76.2 Å². The van der Waals surface area contributed by atoms with Gasteiger partial charge in [0.2, 0.25) is 0 Å². The first-order chi connectivity index (χ1) is 17.7. The van der Waals surface area contributed by atoms with Crippen molar-refractivity contribution in [3.8, 4) is 11.5 Å². The van der Waals surface area contributed by atoms with Gasteiger partial charge in [0.05, 0.1) is 27.1 Å². The molecule has 1 aliphatic rings. The maximum Gasteiger partial charge on any atom is 0.285 e. The molecule has 0 radical (unpaired) electrons. The maximum absolute atomic E-state index is 13.0. The Bertz CT molecular complexity index is 1450. The van der Waals surface area contributed by atoms with E-state index in [1.807, 2.05) is 0 Å². The van der Waals surface area contributed by atoms with E-state index in [-0.39, 0.29) is 21.5 Å². The van der Waals surface area contributed by atoms with Crippen molar-refractivity contribution in [1.82, 2.24) is 10.4 Å². The van der Waals surface area contributed by atoms with Crippen LogP contribution in [0.15, 0.2) is 64.0 Å². The zero-order valence-corrected chi connectivity index (χ0v) is 24.4. The molecule has 1 aliphatic heterocycles. The van der Waals surface area contributed by atoms with E-state index in [0.29, 0.717) is 36.5 Å². The van der Waals surface area contributed by atoms with Gasteiger partial charge in [0.15, 0.2) is 15.8 Å². The predicted molar refractivity (Wildman–Crippen MR) is 155 cm³/mol. The summed E-state index contributed by atoms with van der Waals surface area (Å²) in [5.41, 5.74) is 4.15. The fourth-order valence-electron chi connectivity index (χ4n) is 3.27. The molecule has 1 saturated heterocycles. The molecule has 0 saturated carbocycles. The standard InChI is InChI=1S/C25H16BrCl3N2O4S2/c1-34-20-9-13(8-17(26)22(20)35-12-14-6-7-15(27)11-19(14)29)10-21-24(33)31(25(36)37-21)30-23(32)16-4-2-3-5-18(16)28/h2-11H,12H2,1H3,(H,30,32)/b21-10-. The largest absolute Gasteiger partial charge is 0.493 e. The SMILES string of the molecule is COc1cc(/C=C2\SC(=S)N(NC(=O)c3ccccc3Cl)C2=O)cc(Br)c1OCc1ccc(Cl)cc1Cl. The number of carbonyl (C=O) groups excluding carboxylic acids is 2. The smallest absolute Gasteiger partial charge is 0.285 e. The van der Waals surface area contributed by atoms with Crippen molar-refractivity contribution in [1.29, 1.82) is 0 Å². The monoisotopic (exact) mass is 656 g/mol. The number of thiocarbonyl (C=S) groups is 1. The minimum atomic E-state index is -0.546. The summed E-state index contributed by atoms with van der Waals surface area (Å²) in [4.78, 5) is 25.9. The van der Waals surface area contributed by atoms with Crippen LogP contribution in [0.25, 0.3) is 6.08 Å². The molecule has 12 heteroatoms. The van der Waals surface area contributed by atoms with Gasteiger partial charge in [-0.2, -0.15) is 5.01 Å². The van der Waals surface area contributed by atoms with Crippen LogP contribution < -0.4 is 14.9 Å². The van der Waals surface area contributed by atoms with Gasteiger partial charge < -0.3 is 9.47 Å². The topological polar surface area (TPSA) is 67.9 Å². The van der Waals surface area contributed by atoms with Crippen LogP contribution in [0.2, 0.25) is 15.1 Å². The molecule has 0 aliphatic carbocycles. The summed E-state index contributed by atoms with van der Waals surface area (Å²) < 4.78 is 12.3. The molecule has 0 unspecified atom stereocenters. The third-order valence-electron chi connectivity index (χ3n) is 5.06. The number of ether oxygens (including phenoxy) is 2. The van der Waals surface area contributed by atoms with E-state index < -0.39 is 11.8 Å². The average molecular weight is 659 g/mol. The summed E-state index contributed by atoms with van der Waals surface area (Å²) in [5.74, 6) is -0.114. The summed E-state index contributed by atoms with van der Waals surface area (Å²) in [6, 6.07) is 15.2. The normalized spacial score (nSPS) is 14.3. The number of benzene rings is 3. The highest BCUT2D eigenvalue weighted by Crippen LogP contribution is 2.39. The van der Waals surface area contributed by atoms with Crippen LogP contribution >= 0.6 is 74.7 Å². The summed E-state index contributed by atoms with van der Waals surface area (Å²) in [5, 5.41) is 2.31. The molecule has 37 heavy (non-hydrogen) atoms. The van der Waals surface area contributed by atoms with E-state index in [4.69, 9.17) is 56.5 Å². The Hall–Kier alpha value is -2.27. The molecule has 2 amide bonds. The molecule has 190 valence electrons. The van der Waals surface area contributed by atoms with Crippen molar-refractivity contribution in [2.75, 3.05) is 7.11 Å². The first kappa shape index (κ1) is 27.8. The molecule has 1 fully saturated rings. The number of methoxy groups -OCH3 is 1. The van der Waals surface area contributed by atoms with Crippen molar-refractivity contribution in [3.63, 3.8) is 0 Å². The fraction of sp³-hybridized carbons (Fsp3) is 0.0800. The van der Waals surface area contributed by atoms with Gasteiger partial charge in [-0.15, -0.1) is 0 Å². The van der Waals surface area contributed by atoms with Gasteiger partial charge in [-0.25, -0.2) is 0 Å². The van der Waals surface area contributed by atoms with Crippen LogP contribution in [0.4, 0.5) is 0 Å². The Morgan fingerprint density at radius 2 is 1.89 bits per heavy atom. The predicted octanol–water partition coefficient (Wildman–Crippen LogP) is 7.54. The molecule has 0 atom stereocenters.